The van der Waals surface area contributed by atoms with E-state index in [2.05, 4.69) is 9.71 Å². The van der Waals surface area contributed by atoms with E-state index >= 15 is 0 Å². The second kappa shape index (κ2) is 10.7. The van der Waals surface area contributed by atoms with Crippen LogP contribution in [0.3, 0.4) is 0 Å². The first kappa shape index (κ1) is 26.0. The Labute approximate surface area is 232 Å². The molecule has 1 aromatic heterocycles. The lowest BCUT2D eigenvalue weighted by atomic mass is 10.1. The van der Waals surface area contributed by atoms with E-state index < -0.39 is 21.7 Å². The van der Waals surface area contributed by atoms with Crippen LogP contribution in [-0.2, 0) is 10.0 Å². The smallest absolute Gasteiger partial charge is 0.264 e. The summed E-state index contributed by atoms with van der Waals surface area (Å²) in [7, 11) is -3.91. The van der Waals surface area contributed by atoms with Crippen molar-refractivity contribution in [2.24, 2.45) is 0 Å². The molecule has 0 saturated carbocycles. The molecule has 0 radical (unpaired) electrons. The molecule has 2 heterocycles. The minimum Gasteiger partial charge on any atom is -0.335 e. The number of nitrogens with zero attached hydrogens (tertiary/aromatic N) is 3. The predicted molar refractivity (Wildman–Crippen MR) is 150 cm³/mol. The molecule has 11 heteroatoms. The molecule has 194 valence electrons. The Morgan fingerprint density at radius 2 is 1.47 bits per heavy atom. The van der Waals surface area contributed by atoms with Crippen LogP contribution in [0.15, 0.2) is 83.9 Å². The minimum absolute atomic E-state index is 0.0222. The summed E-state index contributed by atoms with van der Waals surface area (Å²) < 4.78 is 43.3. The number of carbonyl (C=O) groups excluding carboxylic acids is 2. The molecule has 1 N–H and O–H groups in total. The van der Waals surface area contributed by atoms with Gasteiger partial charge >= 0.3 is 0 Å². The molecule has 0 unspecified atom stereocenters. The van der Waals surface area contributed by atoms with E-state index in [1.54, 1.807) is 53.4 Å². The fourth-order valence-electron chi connectivity index (χ4n) is 4.32. The zero-order chi connectivity index (χ0) is 26.9. The zero-order valence-electron chi connectivity index (χ0n) is 20.0. The van der Waals surface area contributed by atoms with Crippen molar-refractivity contribution in [1.82, 2.24) is 14.8 Å². The lowest BCUT2D eigenvalue weighted by Gasteiger charge is -2.35. The van der Waals surface area contributed by atoms with E-state index in [9.17, 15) is 22.4 Å². The van der Waals surface area contributed by atoms with E-state index in [1.807, 2.05) is 22.6 Å². The largest absolute Gasteiger partial charge is 0.335 e. The first-order valence-corrected chi connectivity index (χ1v) is 14.3. The molecule has 1 saturated heterocycles. The number of nitrogens with one attached hydrogen (secondary N) is 1. The normalized spacial score (nSPS) is 13.9. The first-order valence-electron chi connectivity index (χ1n) is 11.7. The van der Waals surface area contributed by atoms with Gasteiger partial charge < -0.3 is 9.80 Å². The number of para-hydroxylation sites is 1. The summed E-state index contributed by atoms with van der Waals surface area (Å²) in [6.07, 6.45) is 1.54. The van der Waals surface area contributed by atoms with Gasteiger partial charge in [0.15, 0.2) is 0 Å². The van der Waals surface area contributed by atoms with Crippen LogP contribution in [0.25, 0.3) is 10.9 Å². The average Bonchev–Trinajstić information content (AvgIpc) is 2.94. The lowest BCUT2D eigenvalue weighted by molar-refractivity contribution is 0.0532. The highest BCUT2D eigenvalue weighted by atomic mass is 127. The van der Waals surface area contributed by atoms with Crippen molar-refractivity contribution >= 4 is 61.0 Å². The molecule has 5 rings (SSSR count). The van der Waals surface area contributed by atoms with Crippen molar-refractivity contribution < 1.29 is 22.4 Å². The van der Waals surface area contributed by atoms with Gasteiger partial charge in [-0.25, -0.2) is 12.8 Å². The summed E-state index contributed by atoms with van der Waals surface area (Å²) in [5, 5.41) is 0.710. The number of fused-ring (bicyclic) bond motifs is 1. The van der Waals surface area contributed by atoms with E-state index in [4.69, 9.17) is 0 Å². The number of amides is 2. The Morgan fingerprint density at radius 1 is 0.842 bits per heavy atom. The third kappa shape index (κ3) is 5.20. The molecule has 0 aliphatic carbocycles. The second-order valence-electron chi connectivity index (χ2n) is 8.70. The Balaban J connectivity index is 1.23. The van der Waals surface area contributed by atoms with Crippen molar-refractivity contribution in [3.05, 3.63) is 99.5 Å². The molecule has 38 heavy (non-hydrogen) atoms. The highest BCUT2D eigenvalue weighted by Crippen LogP contribution is 2.24. The molecule has 1 fully saturated rings. The summed E-state index contributed by atoms with van der Waals surface area (Å²) in [6.45, 7) is 1.18. The summed E-state index contributed by atoms with van der Waals surface area (Å²) >= 11 is 1.85. The molecular weight excluding hydrogens is 622 g/mol. The topological polar surface area (TPSA) is 99.7 Å². The van der Waals surface area contributed by atoms with Crippen molar-refractivity contribution in [2.45, 2.75) is 4.90 Å². The number of sulfonamides is 1. The molecule has 0 bridgehead atoms. The number of pyridine rings is 1. The number of hydrogen-bond acceptors (Lipinski definition) is 5. The Bertz CT molecular complexity index is 1630. The maximum atomic E-state index is 14.4. The van der Waals surface area contributed by atoms with Crippen LogP contribution >= 0.6 is 22.6 Å². The van der Waals surface area contributed by atoms with Crippen LogP contribution in [0, 0.1) is 9.39 Å². The van der Waals surface area contributed by atoms with Gasteiger partial charge in [-0.2, -0.15) is 0 Å². The number of rotatable bonds is 5. The highest BCUT2D eigenvalue weighted by Gasteiger charge is 2.27. The Morgan fingerprint density at radius 3 is 2.18 bits per heavy atom. The fourth-order valence-corrected chi connectivity index (χ4v) is 6.06. The van der Waals surface area contributed by atoms with Gasteiger partial charge in [-0.05, 0) is 71.1 Å². The van der Waals surface area contributed by atoms with E-state index in [-0.39, 0.29) is 29.5 Å². The van der Waals surface area contributed by atoms with Crippen molar-refractivity contribution in [3.8, 4) is 0 Å². The molecule has 0 atom stereocenters. The molecule has 4 aromatic rings. The summed E-state index contributed by atoms with van der Waals surface area (Å²) in [4.78, 5) is 33.2. The number of aromatic nitrogens is 1. The number of benzene rings is 3. The average molecular weight is 644 g/mol. The predicted octanol–water partition coefficient (Wildman–Crippen LogP) is 4.38. The van der Waals surface area contributed by atoms with Crippen LogP contribution in [0.2, 0.25) is 0 Å². The van der Waals surface area contributed by atoms with Gasteiger partial charge in [0.2, 0.25) is 0 Å². The second-order valence-corrected chi connectivity index (χ2v) is 11.5. The summed E-state index contributed by atoms with van der Waals surface area (Å²) in [6, 6.07) is 19.3. The van der Waals surface area contributed by atoms with Gasteiger partial charge in [0.1, 0.15) is 10.7 Å². The van der Waals surface area contributed by atoms with Crippen molar-refractivity contribution in [3.63, 3.8) is 0 Å². The Hall–Kier alpha value is -3.58. The maximum absolute atomic E-state index is 14.4. The standard InChI is InChI=1S/C27H22FIN4O4S/c28-24-21(6-2-7-22(24)29)27(35)33-16-14-32(15-17-33)26(34)19-9-11-20(12-10-19)31-38(36,37)23-8-1-4-18-5-3-13-30-25(18)23/h1-13,31H,14-17H2. The maximum Gasteiger partial charge on any atom is 0.264 e. The molecule has 1 aliphatic heterocycles. The first-order chi connectivity index (χ1) is 18.2. The number of carbonyl (C=O) groups is 2. The van der Waals surface area contributed by atoms with Crippen molar-refractivity contribution in [1.29, 1.82) is 0 Å². The number of halogens is 2. The monoisotopic (exact) mass is 644 g/mol. The van der Waals surface area contributed by atoms with E-state index in [1.165, 1.54) is 35.4 Å². The van der Waals surface area contributed by atoms with Gasteiger partial charge in [0.05, 0.1) is 11.1 Å². The molecule has 8 nitrogen and oxygen atoms in total. The van der Waals surface area contributed by atoms with Gasteiger partial charge in [0, 0.05) is 52.6 Å². The Kier molecular flexibility index (Phi) is 7.30. The number of piperazine rings is 1. The zero-order valence-corrected chi connectivity index (χ0v) is 22.9. The fraction of sp³-hybridized carbons (Fsp3) is 0.148. The SMILES string of the molecule is O=C(c1ccc(NS(=O)(=O)c2cccc3cccnc23)cc1)N1CCN(C(=O)c2cccc(I)c2F)CC1. The van der Waals surface area contributed by atoms with Gasteiger partial charge in [0.25, 0.3) is 21.8 Å². The van der Waals surface area contributed by atoms with Gasteiger partial charge in [-0.3, -0.25) is 19.3 Å². The van der Waals surface area contributed by atoms with Crippen LogP contribution < -0.4 is 4.72 Å². The van der Waals surface area contributed by atoms with E-state index in [0.29, 0.717) is 38.8 Å². The molecule has 1 aliphatic rings. The van der Waals surface area contributed by atoms with Crippen LogP contribution in [0.4, 0.5) is 10.1 Å². The van der Waals surface area contributed by atoms with E-state index in [0.717, 1.165) is 0 Å². The molecular formula is C27H22FIN4O4S. The number of hydrogen-bond donors (Lipinski definition) is 1. The third-order valence-electron chi connectivity index (χ3n) is 6.31. The van der Waals surface area contributed by atoms with Gasteiger partial charge in [-0.15, -0.1) is 0 Å². The molecule has 2 amide bonds. The summed E-state index contributed by atoms with van der Waals surface area (Å²) in [5.74, 6) is -1.17. The quantitative estimate of drug-likeness (QED) is 0.326. The van der Waals surface area contributed by atoms with Crippen LogP contribution in [0.5, 0.6) is 0 Å². The summed E-state index contributed by atoms with van der Waals surface area (Å²) in [5.41, 5.74) is 1.10. The van der Waals surface area contributed by atoms with Gasteiger partial charge in [-0.1, -0.05) is 24.3 Å². The highest BCUT2D eigenvalue weighted by molar-refractivity contribution is 14.1. The van der Waals surface area contributed by atoms with Crippen LogP contribution in [-0.4, -0.2) is 61.2 Å². The minimum atomic E-state index is -3.91. The number of anilines is 1. The van der Waals surface area contributed by atoms with Crippen molar-refractivity contribution in [2.75, 3.05) is 30.9 Å². The van der Waals surface area contributed by atoms with Crippen LogP contribution in [0.1, 0.15) is 20.7 Å². The third-order valence-corrected chi connectivity index (χ3v) is 8.55. The lowest BCUT2D eigenvalue weighted by Crippen LogP contribution is -2.50. The molecule has 3 aromatic carbocycles. The molecule has 0 spiro atoms.